The number of primary amides is 1. The van der Waals surface area contributed by atoms with Crippen molar-refractivity contribution in [3.63, 3.8) is 0 Å². The van der Waals surface area contributed by atoms with Gasteiger partial charge in [-0.2, -0.15) is 0 Å². The first-order chi connectivity index (χ1) is 22.5. The van der Waals surface area contributed by atoms with Gasteiger partial charge in [0.2, 0.25) is 5.91 Å². The van der Waals surface area contributed by atoms with Crippen LogP contribution in [0.25, 0.3) is 11.1 Å². The van der Waals surface area contributed by atoms with Crippen molar-refractivity contribution < 1.29 is 28.5 Å². The van der Waals surface area contributed by atoms with E-state index in [0.29, 0.717) is 61.0 Å². The molecule has 0 saturated heterocycles. The van der Waals surface area contributed by atoms with Crippen LogP contribution in [-0.2, 0) is 16.1 Å². The summed E-state index contributed by atoms with van der Waals surface area (Å²) in [7, 11) is 3.16. The second-order valence-electron chi connectivity index (χ2n) is 11.0. The summed E-state index contributed by atoms with van der Waals surface area (Å²) < 4.78 is 23.5. The van der Waals surface area contributed by atoms with Gasteiger partial charge in [0, 0.05) is 41.7 Å². The van der Waals surface area contributed by atoms with Crippen molar-refractivity contribution in [3.8, 4) is 28.4 Å². The summed E-state index contributed by atoms with van der Waals surface area (Å²) >= 11 is 1.68. The molecule has 0 unspecified atom stereocenters. The van der Waals surface area contributed by atoms with Crippen LogP contribution in [0.4, 0.5) is 4.79 Å². The number of nitrogens with two attached hydrogens (primary N) is 1. The number of rotatable bonds is 16. The van der Waals surface area contributed by atoms with Crippen LogP contribution in [0.2, 0.25) is 0 Å². The van der Waals surface area contributed by atoms with Gasteiger partial charge in [-0.3, -0.25) is 4.79 Å². The standard InChI is InChI=1S/C37H40N2O6S/c1-42-34-22-26(44-20-11-10-18-36(38)40)23-35(43-2)32(34)24-39(19-21-46-27-12-4-3-5-13-27)37(41)45-25-33-30-16-8-6-14-28(30)29-15-7-9-17-31(29)33/h3-9,12-17,22-23,33H,10-11,18-21,24-25H2,1-2H3,(H2,38,40). The van der Waals surface area contributed by atoms with Gasteiger partial charge in [-0.05, 0) is 47.2 Å². The molecular weight excluding hydrogens is 600 g/mol. The molecule has 0 heterocycles. The molecule has 0 saturated carbocycles. The minimum atomic E-state index is -0.408. The number of methoxy groups -OCH3 is 2. The van der Waals surface area contributed by atoms with Gasteiger partial charge in [0.25, 0.3) is 0 Å². The van der Waals surface area contributed by atoms with Gasteiger partial charge in [-0.1, -0.05) is 66.7 Å². The second kappa shape index (κ2) is 16.1. The van der Waals surface area contributed by atoms with E-state index in [2.05, 4.69) is 36.4 Å². The third-order valence-corrected chi connectivity index (χ3v) is 8.98. The minimum Gasteiger partial charge on any atom is -0.496 e. The molecule has 0 atom stereocenters. The Morgan fingerprint density at radius 2 is 1.43 bits per heavy atom. The number of carbonyl (C=O) groups excluding carboxylic acids is 2. The molecule has 1 aliphatic carbocycles. The van der Waals surface area contributed by atoms with E-state index in [4.69, 9.17) is 24.7 Å². The molecule has 46 heavy (non-hydrogen) atoms. The predicted molar refractivity (Wildman–Crippen MR) is 181 cm³/mol. The normalized spacial score (nSPS) is 11.8. The van der Waals surface area contributed by atoms with Crippen LogP contribution in [0.15, 0.2) is 95.9 Å². The zero-order chi connectivity index (χ0) is 32.3. The van der Waals surface area contributed by atoms with E-state index in [0.717, 1.165) is 16.0 Å². The van der Waals surface area contributed by atoms with Crippen LogP contribution < -0.4 is 19.9 Å². The number of carbonyl (C=O) groups is 2. The van der Waals surface area contributed by atoms with E-state index in [1.54, 1.807) is 43.0 Å². The molecule has 0 aliphatic heterocycles. The molecule has 240 valence electrons. The van der Waals surface area contributed by atoms with Crippen molar-refractivity contribution in [3.05, 3.63) is 108 Å². The molecule has 0 radical (unpaired) electrons. The van der Waals surface area contributed by atoms with Gasteiger partial charge in [-0.15, -0.1) is 11.8 Å². The largest absolute Gasteiger partial charge is 0.496 e. The highest BCUT2D eigenvalue weighted by molar-refractivity contribution is 7.99. The van der Waals surface area contributed by atoms with Gasteiger partial charge < -0.3 is 29.6 Å². The highest BCUT2D eigenvalue weighted by Gasteiger charge is 2.30. The molecule has 4 aromatic rings. The summed E-state index contributed by atoms with van der Waals surface area (Å²) in [5.41, 5.74) is 10.6. The molecule has 0 aromatic heterocycles. The predicted octanol–water partition coefficient (Wildman–Crippen LogP) is 7.28. The van der Waals surface area contributed by atoms with Crippen LogP contribution in [0, 0.1) is 0 Å². The molecule has 1 aliphatic rings. The van der Waals surface area contributed by atoms with E-state index in [1.165, 1.54) is 11.1 Å². The summed E-state index contributed by atoms with van der Waals surface area (Å²) in [5.74, 6) is 1.96. The van der Waals surface area contributed by atoms with E-state index in [9.17, 15) is 9.59 Å². The number of hydrogen-bond donors (Lipinski definition) is 1. The number of fused-ring (bicyclic) bond motifs is 3. The van der Waals surface area contributed by atoms with E-state index >= 15 is 0 Å². The van der Waals surface area contributed by atoms with Crippen molar-refractivity contribution in [2.45, 2.75) is 36.6 Å². The maximum absolute atomic E-state index is 13.8. The molecule has 0 spiro atoms. The van der Waals surface area contributed by atoms with Crippen molar-refractivity contribution in [1.29, 1.82) is 0 Å². The summed E-state index contributed by atoms with van der Waals surface area (Å²) in [5, 5.41) is 0. The zero-order valence-corrected chi connectivity index (χ0v) is 27.1. The van der Waals surface area contributed by atoms with Crippen molar-refractivity contribution in [2.75, 3.05) is 39.7 Å². The number of thioether (sulfide) groups is 1. The monoisotopic (exact) mass is 640 g/mol. The molecule has 0 fully saturated rings. The average molecular weight is 641 g/mol. The van der Waals surface area contributed by atoms with Gasteiger partial charge >= 0.3 is 6.09 Å². The number of benzene rings is 4. The lowest BCUT2D eigenvalue weighted by molar-refractivity contribution is -0.118. The topological polar surface area (TPSA) is 100 Å². The second-order valence-corrected chi connectivity index (χ2v) is 12.1. The molecule has 0 bridgehead atoms. The third-order valence-electron chi connectivity index (χ3n) is 7.98. The van der Waals surface area contributed by atoms with Gasteiger partial charge in [-0.25, -0.2) is 4.79 Å². The molecule has 8 nitrogen and oxygen atoms in total. The fraction of sp³-hybridized carbons (Fsp3) is 0.297. The van der Waals surface area contributed by atoms with Crippen molar-refractivity contribution in [1.82, 2.24) is 4.90 Å². The maximum Gasteiger partial charge on any atom is 0.410 e. The van der Waals surface area contributed by atoms with Crippen LogP contribution in [0.5, 0.6) is 17.2 Å². The number of unbranched alkanes of at least 4 members (excludes halogenated alkanes) is 1. The van der Waals surface area contributed by atoms with Crippen LogP contribution in [-0.4, -0.2) is 56.6 Å². The first-order valence-electron chi connectivity index (χ1n) is 15.4. The SMILES string of the molecule is COc1cc(OCCCCC(N)=O)cc(OC)c1CN(CCSc1ccccc1)C(=O)OCC1c2ccccc2-c2ccccc21. The van der Waals surface area contributed by atoms with Crippen LogP contribution in [0.3, 0.4) is 0 Å². The minimum absolute atomic E-state index is 0.0413. The van der Waals surface area contributed by atoms with Gasteiger partial charge in [0.05, 0.1) is 32.9 Å². The molecule has 2 N–H and O–H groups in total. The van der Waals surface area contributed by atoms with E-state index in [-0.39, 0.29) is 25.0 Å². The first kappa shape index (κ1) is 32.8. The summed E-state index contributed by atoms with van der Waals surface area (Å²) in [6.45, 7) is 1.31. The fourth-order valence-corrected chi connectivity index (χ4v) is 6.59. The Labute approximate surface area is 274 Å². The van der Waals surface area contributed by atoms with Crippen LogP contribution in [0.1, 0.15) is 41.9 Å². The fourth-order valence-electron chi connectivity index (χ4n) is 5.69. The van der Waals surface area contributed by atoms with Crippen LogP contribution >= 0.6 is 11.8 Å². The Morgan fingerprint density at radius 1 is 0.826 bits per heavy atom. The highest BCUT2D eigenvalue weighted by atomic mass is 32.2. The summed E-state index contributed by atoms with van der Waals surface area (Å²) in [6.07, 6.45) is 1.25. The Bertz CT molecular complexity index is 1560. The third kappa shape index (κ3) is 8.14. The van der Waals surface area contributed by atoms with E-state index < -0.39 is 6.09 Å². The summed E-state index contributed by atoms with van der Waals surface area (Å²) in [4.78, 5) is 27.7. The Balaban J connectivity index is 1.33. The summed E-state index contributed by atoms with van der Waals surface area (Å²) in [6, 6.07) is 30.3. The number of amides is 2. The first-order valence-corrected chi connectivity index (χ1v) is 16.4. The zero-order valence-electron chi connectivity index (χ0n) is 26.3. The Kier molecular flexibility index (Phi) is 11.5. The smallest absolute Gasteiger partial charge is 0.410 e. The van der Waals surface area contributed by atoms with Crippen molar-refractivity contribution in [2.24, 2.45) is 5.73 Å². The number of ether oxygens (including phenoxy) is 4. The number of nitrogens with zero attached hydrogens (tertiary/aromatic N) is 1. The quantitative estimate of drug-likeness (QED) is 0.101. The molecular formula is C37H40N2O6S. The molecule has 5 rings (SSSR count). The Morgan fingerprint density at radius 3 is 2.04 bits per heavy atom. The number of hydrogen-bond acceptors (Lipinski definition) is 7. The molecule has 4 aromatic carbocycles. The lowest BCUT2D eigenvalue weighted by Gasteiger charge is -2.25. The molecule has 2 amide bonds. The highest BCUT2D eigenvalue weighted by Crippen LogP contribution is 2.44. The van der Waals surface area contributed by atoms with Gasteiger partial charge in [0.15, 0.2) is 0 Å². The average Bonchev–Trinajstić information content (AvgIpc) is 3.40. The van der Waals surface area contributed by atoms with Crippen molar-refractivity contribution >= 4 is 23.8 Å². The van der Waals surface area contributed by atoms with E-state index in [1.807, 2.05) is 42.5 Å². The maximum atomic E-state index is 13.8. The lowest BCUT2D eigenvalue weighted by atomic mass is 9.98. The Hall–Kier alpha value is -4.63. The lowest BCUT2D eigenvalue weighted by Crippen LogP contribution is -2.34. The van der Waals surface area contributed by atoms with Gasteiger partial charge in [0.1, 0.15) is 23.9 Å². The molecule has 9 heteroatoms.